The lowest BCUT2D eigenvalue weighted by molar-refractivity contribution is -0.139. The van der Waals surface area contributed by atoms with Crippen LogP contribution in [0.15, 0.2) is 51.6 Å². The molecule has 0 saturated heterocycles. The van der Waals surface area contributed by atoms with Gasteiger partial charge in [0, 0.05) is 12.2 Å². The first-order valence-electron chi connectivity index (χ1n) is 10.5. The van der Waals surface area contributed by atoms with E-state index in [1.807, 2.05) is 41.5 Å². The van der Waals surface area contributed by atoms with Gasteiger partial charge >= 0.3 is 5.97 Å². The molecule has 0 spiro atoms. The van der Waals surface area contributed by atoms with Crippen molar-refractivity contribution >= 4 is 28.8 Å². The molecule has 1 atom stereocenters. The lowest BCUT2D eigenvalue weighted by Crippen LogP contribution is -2.38. The van der Waals surface area contributed by atoms with Crippen LogP contribution in [0.3, 0.4) is 0 Å². The summed E-state index contributed by atoms with van der Waals surface area (Å²) in [6.45, 7) is 4.63. The van der Waals surface area contributed by atoms with Crippen molar-refractivity contribution in [3.8, 4) is 5.75 Å². The van der Waals surface area contributed by atoms with Gasteiger partial charge in [-0.25, -0.2) is 9.79 Å². The number of fused-ring (bicyclic) bond motifs is 1. The summed E-state index contributed by atoms with van der Waals surface area (Å²) >= 11 is 1.47. The second kappa shape index (κ2) is 9.18. The number of nitrogens with one attached hydrogen (secondary N) is 1. The molecule has 1 amide bonds. The predicted molar refractivity (Wildman–Crippen MR) is 120 cm³/mol. The van der Waals surface area contributed by atoms with E-state index in [0.29, 0.717) is 17.2 Å². The third-order valence-corrected chi connectivity index (χ3v) is 6.44. The molecule has 31 heavy (non-hydrogen) atoms. The van der Waals surface area contributed by atoms with E-state index in [2.05, 4.69) is 10.3 Å². The number of amidine groups is 1. The third-order valence-electron chi connectivity index (χ3n) is 5.55. The van der Waals surface area contributed by atoms with E-state index in [9.17, 15) is 9.59 Å². The van der Waals surface area contributed by atoms with Gasteiger partial charge in [0.2, 0.25) is 5.91 Å². The van der Waals surface area contributed by atoms with Crippen LogP contribution in [-0.4, -0.2) is 42.2 Å². The Hall–Kier alpha value is -2.74. The highest BCUT2D eigenvalue weighted by atomic mass is 32.2. The van der Waals surface area contributed by atoms with Gasteiger partial charge in [-0.15, -0.1) is 0 Å². The number of aliphatic imine (C=N–C) groups is 1. The summed E-state index contributed by atoms with van der Waals surface area (Å²) in [5.41, 5.74) is 2.85. The molecule has 1 aromatic rings. The van der Waals surface area contributed by atoms with Crippen LogP contribution in [0.1, 0.15) is 44.7 Å². The summed E-state index contributed by atoms with van der Waals surface area (Å²) in [4.78, 5) is 32.1. The number of carbonyl (C=O) groups is 2. The number of ether oxygens (including phenoxy) is 2. The maximum atomic E-state index is 12.9. The Kier molecular flexibility index (Phi) is 6.36. The minimum Gasteiger partial charge on any atom is -0.497 e. The number of benzene rings is 1. The van der Waals surface area contributed by atoms with Crippen LogP contribution in [0, 0.1) is 5.92 Å². The molecule has 2 heterocycles. The Bertz CT molecular complexity index is 964. The van der Waals surface area contributed by atoms with Gasteiger partial charge in [-0.1, -0.05) is 23.9 Å². The fraction of sp³-hybridized carbons (Fsp3) is 0.435. The molecule has 1 fully saturated rings. The second-order valence-corrected chi connectivity index (χ2v) is 8.65. The topological polar surface area (TPSA) is 80.2 Å². The molecule has 3 aliphatic rings. The highest BCUT2D eigenvalue weighted by molar-refractivity contribution is 8.16. The van der Waals surface area contributed by atoms with Crippen LogP contribution < -0.4 is 10.1 Å². The zero-order chi connectivity index (χ0) is 22.0. The lowest BCUT2D eigenvalue weighted by atomic mass is 9.93. The van der Waals surface area contributed by atoms with Gasteiger partial charge in [0.25, 0.3) is 0 Å². The van der Waals surface area contributed by atoms with Gasteiger partial charge in [-0.2, -0.15) is 0 Å². The molecule has 164 valence electrons. The summed E-state index contributed by atoms with van der Waals surface area (Å²) < 4.78 is 10.7. The first kappa shape index (κ1) is 21.5. The Morgan fingerprint density at radius 3 is 2.65 bits per heavy atom. The Morgan fingerprint density at radius 2 is 2.00 bits per heavy atom. The van der Waals surface area contributed by atoms with E-state index >= 15 is 0 Å². The average Bonchev–Trinajstić information content (AvgIpc) is 3.52. The number of hydrogen-bond acceptors (Lipinski definition) is 7. The number of hydrogen-bond donors (Lipinski definition) is 1. The van der Waals surface area contributed by atoms with Gasteiger partial charge in [0.1, 0.15) is 5.75 Å². The third kappa shape index (κ3) is 4.63. The fourth-order valence-corrected chi connectivity index (χ4v) is 4.71. The largest absolute Gasteiger partial charge is 0.497 e. The molecule has 1 aliphatic carbocycles. The number of amides is 1. The van der Waals surface area contributed by atoms with E-state index < -0.39 is 12.0 Å². The van der Waals surface area contributed by atoms with Gasteiger partial charge < -0.3 is 19.7 Å². The molecule has 0 unspecified atom stereocenters. The van der Waals surface area contributed by atoms with Crippen LogP contribution in [0.5, 0.6) is 5.75 Å². The van der Waals surface area contributed by atoms with Crippen molar-refractivity contribution < 1.29 is 19.1 Å². The molecule has 1 saturated carbocycles. The number of allylic oxidation sites excluding steroid dienone is 1. The maximum Gasteiger partial charge on any atom is 0.338 e. The maximum absolute atomic E-state index is 12.9. The predicted octanol–water partition coefficient (Wildman–Crippen LogP) is 3.75. The molecule has 0 bridgehead atoms. The van der Waals surface area contributed by atoms with Crippen molar-refractivity contribution in [2.75, 3.05) is 20.3 Å². The lowest BCUT2D eigenvalue weighted by Gasteiger charge is -2.36. The number of rotatable bonds is 8. The first-order chi connectivity index (χ1) is 15.0. The number of nitrogens with zero attached hydrogens (tertiary/aromatic N) is 2. The SMILES string of the molecule is CCOC(=O)C1=C(C)N=C2SC=C(CC(=O)NCC3CC3)N2[C@H]1c1ccc(OC)cc1. The first-order valence-corrected chi connectivity index (χ1v) is 11.4. The van der Waals surface area contributed by atoms with E-state index in [1.165, 1.54) is 24.6 Å². The zero-order valence-corrected chi connectivity index (χ0v) is 18.8. The Labute approximate surface area is 186 Å². The minimum absolute atomic E-state index is 0.0163. The van der Waals surface area contributed by atoms with Crippen LogP contribution in [0.25, 0.3) is 0 Å². The molecular formula is C23H27N3O4S. The standard InChI is InChI=1S/C23H27N3O4S/c1-4-30-22(28)20-14(2)25-23-26(21(20)16-7-9-18(29-3)10-8-16)17(13-31-23)11-19(27)24-12-15-5-6-15/h7-10,13,15,21H,4-6,11-12H2,1-3H3,(H,24,27)/t21-/m0/s1. The molecule has 0 aromatic heterocycles. The molecule has 0 radical (unpaired) electrons. The van der Waals surface area contributed by atoms with Crippen molar-refractivity contribution in [1.29, 1.82) is 0 Å². The number of esters is 1. The summed E-state index contributed by atoms with van der Waals surface area (Å²) in [6.07, 6.45) is 2.61. The van der Waals surface area contributed by atoms with Crippen molar-refractivity contribution in [3.05, 3.63) is 52.2 Å². The van der Waals surface area contributed by atoms with Crippen molar-refractivity contribution in [2.24, 2.45) is 10.9 Å². The number of thioether (sulfide) groups is 1. The Balaban J connectivity index is 1.65. The number of methoxy groups -OCH3 is 1. The van der Waals surface area contributed by atoms with Gasteiger partial charge in [0.15, 0.2) is 5.17 Å². The van der Waals surface area contributed by atoms with Crippen molar-refractivity contribution in [3.63, 3.8) is 0 Å². The summed E-state index contributed by atoms with van der Waals surface area (Å²) in [6, 6.07) is 7.19. The van der Waals surface area contributed by atoms with Gasteiger partial charge in [-0.05, 0) is 55.7 Å². The molecule has 2 aliphatic heterocycles. The monoisotopic (exact) mass is 441 g/mol. The molecule has 1 aromatic carbocycles. The van der Waals surface area contributed by atoms with Crippen molar-refractivity contribution in [1.82, 2.24) is 10.2 Å². The summed E-state index contributed by atoms with van der Waals surface area (Å²) in [5.74, 6) is 0.949. The number of carbonyl (C=O) groups excluding carboxylic acids is 2. The Morgan fingerprint density at radius 1 is 1.26 bits per heavy atom. The normalized spacial score (nSPS) is 20.1. The van der Waals surface area contributed by atoms with Crippen LogP contribution in [-0.2, 0) is 14.3 Å². The smallest absolute Gasteiger partial charge is 0.338 e. The molecular weight excluding hydrogens is 414 g/mol. The molecule has 4 rings (SSSR count). The van der Waals surface area contributed by atoms with E-state index in [0.717, 1.165) is 28.7 Å². The van der Waals surface area contributed by atoms with Crippen LogP contribution in [0.2, 0.25) is 0 Å². The molecule has 1 N–H and O–H groups in total. The molecule has 7 nitrogen and oxygen atoms in total. The second-order valence-electron chi connectivity index (χ2n) is 7.81. The van der Waals surface area contributed by atoms with Crippen molar-refractivity contribution in [2.45, 2.75) is 39.2 Å². The summed E-state index contributed by atoms with van der Waals surface area (Å²) in [7, 11) is 1.62. The van der Waals surface area contributed by atoms with E-state index in [1.54, 1.807) is 14.0 Å². The highest BCUT2D eigenvalue weighted by Crippen LogP contribution is 2.45. The molecule has 8 heteroatoms. The van der Waals surface area contributed by atoms with Crippen LogP contribution in [0.4, 0.5) is 0 Å². The zero-order valence-electron chi connectivity index (χ0n) is 18.0. The van der Waals surface area contributed by atoms with E-state index in [-0.39, 0.29) is 18.9 Å². The van der Waals surface area contributed by atoms with E-state index in [4.69, 9.17) is 9.47 Å². The quantitative estimate of drug-likeness (QED) is 0.619. The van der Waals surface area contributed by atoms with Gasteiger partial charge in [-0.3, -0.25) is 4.79 Å². The highest BCUT2D eigenvalue weighted by Gasteiger charge is 2.41. The van der Waals surface area contributed by atoms with Crippen LogP contribution >= 0.6 is 11.8 Å². The minimum atomic E-state index is -0.421. The average molecular weight is 442 g/mol. The fourth-order valence-electron chi connectivity index (χ4n) is 3.75. The summed E-state index contributed by atoms with van der Waals surface area (Å²) in [5, 5.41) is 5.74. The van der Waals surface area contributed by atoms with Gasteiger partial charge in [0.05, 0.1) is 37.4 Å².